The Kier molecular flexibility index (Phi) is 5.01. The Hall–Kier alpha value is -1.51. The highest BCUT2D eigenvalue weighted by atomic mass is 16.1. The number of nitrogens with two attached hydrogens (primary N) is 1. The molecule has 3 heteroatoms. The quantitative estimate of drug-likeness (QED) is 0.767. The Balaban J connectivity index is 2.43. The Labute approximate surface area is 103 Å². The maximum absolute atomic E-state index is 11.7. The van der Waals surface area contributed by atoms with Gasteiger partial charge < -0.3 is 11.1 Å². The van der Waals surface area contributed by atoms with Crippen molar-refractivity contribution >= 4 is 11.6 Å². The van der Waals surface area contributed by atoms with Crippen LogP contribution in [-0.4, -0.2) is 12.5 Å². The average molecular weight is 234 g/mol. The number of benzene rings is 1. The highest BCUT2D eigenvalue weighted by molar-refractivity contribution is 5.80. The number of anilines is 1. The second-order valence-corrected chi connectivity index (χ2v) is 4.90. The lowest BCUT2D eigenvalue weighted by molar-refractivity contribution is -0.120. The lowest BCUT2D eigenvalue weighted by Gasteiger charge is -2.16. The Morgan fingerprint density at radius 1 is 1.29 bits per heavy atom. The fraction of sp³-hybridized carbons (Fsp3) is 0.500. The molecule has 0 radical (unpaired) electrons. The highest BCUT2D eigenvalue weighted by Gasteiger charge is 2.10. The lowest BCUT2D eigenvalue weighted by Crippen LogP contribution is -2.31. The van der Waals surface area contributed by atoms with Gasteiger partial charge >= 0.3 is 0 Å². The minimum Gasteiger partial charge on any atom is -0.398 e. The van der Waals surface area contributed by atoms with Crippen molar-refractivity contribution in [1.82, 2.24) is 5.32 Å². The van der Waals surface area contributed by atoms with E-state index in [0.717, 1.165) is 12.1 Å². The normalized spacial score (nSPS) is 12.5. The van der Waals surface area contributed by atoms with Crippen molar-refractivity contribution in [2.45, 2.75) is 27.2 Å². The maximum atomic E-state index is 11.7. The van der Waals surface area contributed by atoms with Crippen LogP contribution in [0.15, 0.2) is 24.3 Å². The fourth-order valence-corrected chi connectivity index (χ4v) is 1.44. The standard InChI is InChI=1S/C14H22N2O/c1-10(2)11(3)9-16-14(17)8-12-6-4-5-7-13(12)15/h4-7,10-11H,8-9,15H2,1-3H3,(H,16,17). The first-order chi connectivity index (χ1) is 8.00. The number of rotatable bonds is 5. The van der Waals surface area contributed by atoms with Gasteiger partial charge in [-0.3, -0.25) is 4.79 Å². The first-order valence-corrected chi connectivity index (χ1v) is 6.10. The summed E-state index contributed by atoms with van der Waals surface area (Å²) in [4.78, 5) is 11.7. The van der Waals surface area contributed by atoms with E-state index < -0.39 is 0 Å². The van der Waals surface area contributed by atoms with Crippen LogP contribution in [0.25, 0.3) is 0 Å². The summed E-state index contributed by atoms with van der Waals surface area (Å²) < 4.78 is 0. The van der Waals surface area contributed by atoms with E-state index >= 15 is 0 Å². The van der Waals surface area contributed by atoms with E-state index in [-0.39, 0.29) is 5.91 Å². The molecule has 1 unspecified atom stereocenters. The molecule has 94 valence electrons. The summed E-state index contributed by atoms with van der Waals surface area (Å²) in [5.41, 5.74) is 7.36. The summed E-state index contributed by atoms with van der Waals surface area (Å²) in [5.74, 6) is 1.11. The number of hydrogen-bond donors (Lipinski definition) is 2. The Bertz CT molecular complexity index is 374. The molecule has 0 bridgehead atoms. The smallest absolute Gasteiger partial charge is 0.224 e. The Morgan fingerprint density at radius 2 is 1.94 bits per heavy atom. The van der Waals surface area contributed by atoms with Crippen molar-refractivity contribution in [3.63, 3.8) is 0 Å². The molecule has 1 atom stereocenters. The summed E-state index contributed by atoms with van der Waals surface area (Å²) >= 11 is 0. The monoisotopic (exact) mass is 234 g/mol. The molecule has 0 saturated carbocycles. The first-order valence-electron chi connectivity index (χ1n) is 6.10. The van der Waals surface area contributed by atoms with Crippen LogP contribution in [0.2, 0.25) is 0 Å². The van der Waals surface area contributed by atoms with Crippen molar-refractivity contribution in [2.75, 3.05) is 12.3 Å². The minimum absolute atomic E-state index is 0.0374. The maximum Gasteiger partial charge on any atom is 0.224 e. The average Bonchev–Trinajstić information content (AvgIpc) is 2.29. The number of para-hydroxylation sites is 1. The summed E-state index contributed by atoms with van der Waals surface area (Å²) in [5, 5.41) is 2.94. The van der Waals surface area contributed by atoms with Gasteiger partial charge in [-0.25, -0.2) is 0 Å². The zero-order valence-electron chi connectivity index (χ0n) is 10.9. The molecule has 0 aliphatic rings. The number of carbonyl (C=O) groups excluding carboxylic acids is 1. The van der Waals surface area contributed by atoms with Crippen molar-refractivity contribution in [2.24, 2.45) is 11.8 Å². The van der Waals surface area contributed by atoms with Crippen molar-refractivity contribution < 1.29 is 4.79 Å². The van der Waals surface area contributed by atoms with Crippen LogP contribution in [0.1, 0.15) is 26.3 Å². The summed E-state index contributed by atoms with van der Waals surface area (Å²) in [6, 6.07) is 7.48. The van der Waals surface area contributed by atoms with E-state index in [0.29, 0.717) is 23.9 Å². The van der Waals surface area contributed by atoms with Gasteiger partial charge in [0.05, 0.1) is 6.42 Å². The van der Waals surface area contributed by atoms with Gasteiger partial charge in [0.2, 0.25) is 5.91 Å². The van der Waals surface area contributed by atoms with Gasteiger partial charge in [0.25, 0.3) is 0 Å². The molecule has 0 aromatic heterocycles. The van der Waals surface area contributed by atoms with E-state index in [2.05, 4.69) is 26.1 Å². The third-order valence-electron chi connectivity index (χ3n) is 3.17. The first kappa shape index (κ1) is 13.6. The van der Waals surface area contributed by atoms with Crippen molar-refractivity contribution in [1.29, 1.82) is 0 Å². The van der Waals surface area contributed by atoms with Gasteiger partial charge in [-0.15, -0.1) is 0 Å². The van der Waals surface area contributed by atoms with E-state index in [9.17, 15) is 4.79 Å². The summed E-state index contributed by atoms with van der Waals surface area (Å²) in [6.45, 7) is 7.18. The molecule has 1 aromatic carbocycles. The molecule has 3 N–H and O–H groups in total. The minimum atomic E-state index is 0.0374. The second-order valence-electron chi connectivity index (χ2n) is 4.90. The third kappa shape index (κ3) is 4.47. The van der Waals surface area contributed by atoms with E-state index in [1.165, 1.54) is 0 Å². The predicted molar refractivity (Wildman–Crippen MR) is 71.6 cm³/mol. The summed E-state index contributed by atoms with van der Waals surface area (Å²) in [6.07, 6.45) is 0.359. The molecule has 0 aliphatic carbocycles. The second kappa shape index (κ2) is 6.28. The van der Waals surface area contributed by atoms with E-state index in [1.54, 1.807) is 0 Å². The molecule has 17 heavy (non-hydrogen) atoms. The lowest BCUT2D eigenvalue weighted by atomic mass is 9.98. The molecule has 1 aromatic rings. The molecule has 0 spiro atoms. The van der Waals surface area contributed by atoms with Crippen LogP contribution in [0, 0.1) is 11.8 Å². The van der Waals surface area contributed by atoms with Crippen LogP contribution in [0.3, 0.4) is 0 Å². The molecular weight excluding hydrogens is 212 g/mol. The van der Waals surface area contributed by atoms with Gasteiger partial charge in [-0.1, -0.05) is 39.0 Å². The number of carbonyl (C=O) groups is 1. The van der Waals surface area contributed by atoms with Crippen LogP contribution < -0.4 is 11.1 Å². The molecule has 1 rings (SSSR count). The van der Waals surface area contributed by atoms with Crippen LogP contribution in [0.4, 0.5) is 5.69 Å². The predicted octanol–water partition coefficient (Wildman–Crippen LogP) is 2.22. The highest BCUT2D eigenvalue weighted by Crippen LogP contribution is 2.11. The Morgan fingerprint density at radius 3 is 2.53 bits per heavy atom. The van der Waals surface area contributed by atoms with Gasteiger partial charge in [0.1, 0.15) is 0 Å². The molecule has 3 nitrogen and oxygen atoms in total. The fourth-order valence-electron chi connectivity index (χ4n) is 1.44. The van der Waals surface area contributed by atoms with Crippen LogP contribution in [0.5, 0.6) is 0 Å². The van der Waals surface area contributed by atoms with Crippen molar-refractivity contribution in [3.8, 4) is 0 Å². The van der Waals surface area contributed by atoms with Gasteiger partial charge in [-0.05, 0) is 23.5 Å². The summed E-state index contributed by atoms with van der Waals surface area (Å²) in [7, 11) is 0. The van der Waals surface area contributed by atoms with Gasteiger partial charge in [0, 0.05) is 12.2 Å². The number of amides is 1. The van der Waals surface area contributed by atoms with Gasteiger partial charge in [-0.2, -0.15) is 0 Å². The largest absolute Gasteiger partial charge is 0.398 e. The number of nitrogens with one attached hydrogen (secondary N) is 1. The molecule has 0 heterocycles. The van der Waals surface area contributed by atoms with Crippen LogP contribution in [-0.2, 0) is 11.2 Å². The molecular formula is C14H22N2O. The SMILES string of the molecule is CC(C)C(C)CNC(=O)Cc1ccccc1N. The topological polar surface area (TPSA) is 55.1 Å². The third-order valence-corrected chi connectivity index (χ3v) is 3.17. The molecule has 0 saturated heterocycles. The molecule has 1 amide bonds. The number of hydrogen-bond acceptors (Lipinski definition) is 2. The van der Waals surface area contributed by atoms with E-state index in [4.69, 9.17) is 5.73 Å². The number of nitrogen functional groups attached to an aromatic ring is 1. The van der Waals surface area contributed by atoms with Gasteiger partial charge in [0.15, 0.2) is 0 Å². The molecule has 0 aliphatic heterocycles. The zero-order chi connectivity index (χ0) is 12.8. The molecule has 0 fully saturated rings. The van der Waals surface area contributed by atoms with E-state index in [1.807, 2.05) is 24.3 Å². The van der Waals surface area contributed by atoms with Crippen molar-refractivity contribution in [3.05, 3.63) is 29.8 Å². The van der Waals surface area contributed by atoms with Crippen LogP contribution >= 0.6 is 0 Å². The zero-order valence-corrected chi connectivity index (χ0v) is 10.9.